The van der Waals surface area contributed by atoms with E-state index in [9.17, 15) is 4.79 Å². The summed E-state index contributed by atoms with van der Waals surface area (Å²) < 4.78 is 6.60. The molecule has 0 aliphatic carbocycles. The van der Waals surface area contributed by atoms with Crippen LogP contribution in [-0.4, -0.2) is 12.5 Å². The number of benzene rings is 1. The molecule has 1 unspecified atom stereocenters. The second-order valence-corrected chi connectivity index (χ2v) is 5.91. The summed E-state index contributed by atoms with van der Waals surface area (Å²) >= 11 is 7.36. The summed E-state index contributed by atoms with van der Waals surface area (Å²) in [4.78, 5) is 12.1. The molecule has 0 saturated heterocycles. The van der Waals surface area contributed by atoms with Crippen molar-refractivity contribution in [1.29, 1.82) is 0 Å². The van der Waals surface area contributed by atoms with Gasteiger partial charge in [0, 0.05) is 18.3 Å². The standard InChI is InChI=1S/C14H15ClN2O2S/c1-9(18)17-10-4-2-3-5-11(10)19-12(8-16)13-6-7-14(15)20-13/h2-7,12H,8,16H2,1H3,(H,17,18). The summed E-state index contributed by atoms with van der Waals surface area (Å²) in [5.41, 5.74) is 6.39. The number of hydrogen-bond acceptors (Lipinski definition) is 4. The van der Waals surface area contributed by atoms with Gasteiger partial charge in [-0.25, -0.2) is 0 Å². The van der Waals surface area contributed by atoms with Crippen molar-refractivity contribution in [1.82, 2.24) is 0 Å². The van der Waals surface area contributed by atoms with Crippen LogP contribution in [0, 0.1) is 0 Å². The molecular formula is C14H15ClN2O2S. The van der Waals surface area contributed by atoms with Gasteiger partial charge in [0.2, 0.25) is 5.91 Å². The predicted octanol–water partition coefficient (Wildman–Crippen LogP) is 3.44. The summed E-state index contributed by atoms with van der Waals surface area (Å²) in [6.45, 7) is 1.78. The van der Waals surface area contributed by atoms with E-state index in [1.165, 1.54) is 18.3 Å². The van der Waals surface area contributed by atoms with Gasteiger partial charge in [-0.3, -0.25) is 4.79 Å². The van der Waals surface area contributed by atoms with E-state index in [4.69, 9.17) is 22.1 Å². The molecule has 6 heteroatoms. The number of ether oxygens (including phenoxy) is 1. The predicted molar refractivity (Wildman–Crippen MR) is 82.5 cm³/mol. The van der Waals surface area contributed by atoms with E-state index in [0.29, 0.717) is 22.3 Å². The first-order valence-electron chi connectivity index (χ1n) is 6.08. The Balaban J connectivity index is 2.21. The van der Waals surface area contributed by atoms with Crippen LogP contribution in [-0.2, 0) is 4.79 Å². The number of halogens is 1. The quantitative estimate of drug-likeness (QED) is 0.889. The van der Waals surface area contributed by atoms with E-state index >= 15 is 0 Å². The lowest BCUT2D eigenvalue weighted by Gasteiger charge is -2.18. The van der Waals surface area contributed by atoms with Crippen LogP contribution in [0.5, 0.6) is 5.75 Å². The molecule has 1 aromatic heterocycles. The minimum Gasteiger partial charge on any atom is -0.481 e. The number of hydrogen-bond donors (Lipinski definition) is 2. The molecule has 0 fully saturated rings. The largest absolute Gasteiger partial charge is 0.481 e. The molecule has 0 aliphatic rings. The lowest BCUT2D eigenvalue weighted by molar-refractivity contribution is -0.114. The first-order valence-corrected chi connectivity index (χ1v) is 7.28. The maximum absolute atomic E-state index is 11.2. The lowest BCUT2D eigenvalue weighted by atomic mass is 10.2. The number of thiophene rings is 1. The Kier molecular flexibility index (Phi) is 5.00. The van der Waals surface area contributed by atoms with E-state index < -0.39 is 0 Å². The van der Waals surface area contributed by atoms with Crippen LogP contribution in [0.25, 0.3) is 0 Å². The zero-order chi connectivity index (χ0) is 14.5. The van der Waals surface area contributed by atoms with Crippen LogP contribution in [0.15, 0.2) is 36.4 Å². The third-order valence-corrected chi connectivity index (χ3v) is 3.92. The molecule has 0 aliphatic heterocycles. The molecule has 20 heavy (non-hydrogen) atoms. The van der Waals surface area contributed by atoms with Crippen molar-refractivity contribution in [3.63, 3.8) is 0 Å². The fourth-order valence-electron chi connectivity index (χ4n) is 1.74. The molecule has 1 atom stereocenters. The smallest absolute Gasteiger partial charge is 0.221 e. The molecular weight excluding hydrogens is 296 g/mol. The highest BCUT2D eigenvalue weighted by Crippen LogP contribution is 2.32. The lowest BCUT2D eigenvalue weighted by Crippen LogP contribution is -2.18. The molecule has 0 radical (unpaired) electrons. The normalized spacial score (nSPS) is 11.9. The zero-order valence-corrected chi connectivity index (χ0v) is 12.5. The van der Waals surface area contributed by atoms with E-state index in [0.717, 1.165) is 4.88 Å². The molecule has 1 heterocycles. The number of para-hydroxylation sites is 2. The van der Waals surface area contributed by atoms with Crippen LogP contribution in [0.1, 0.15) is 17.9 Å². The van der Waals surface area contributed by atoms with Gasteiger partial charge in [0.1, 0.15) is 11.9 Å². The summed E-state index contributed by atoms with van der Waals surface area (Å²) in [5, 5.41) is 2.73. The molecule has 4 nitrogen and oxygen atoms in total. The first-order chi connectivity index (χ1) is 9.60. The third-order valence-electron chi connectivity index (χ3n) is 2.59. The molecule has 0 spiro atoms. The number of anilines is 1. The number of carbonyl (C=O) groups excluding carboxylic acids is 1. The van der Waals surface area contributed by atoms with E-state index in [2.05, 4.69) is 5.32 Å². The van der Waals surface area contributed by atoms with Crippen molar-refractivity contribution < 1.29 is 9.53 Å². The average Bonchev–Trinajstić information content (AvgIpc) is 2.83. The minimum atomic E-state index is -0.289. The fraction of sp³-hybridized carbons (Fsp3) is 0.214. The minimum absolute atomic E-state index is 0.149. The average molecular weight is 311 g/mol. The molecule has 0 bridgehead atoms. The van der Waals surface area contributed by atoms with Gasteiger partial charge in [-0.1, -0.05) is 23.7 Å². The Hall–Kier alpha value is -1.56. The summed E-state index contributed by atoms with van der Waals surface area (Å²) in [6.07, 6.45) is -0.289. The zero-order valence-electron chi connectivity index (χ0n) is 10.9. The summed E-state index contributed by atoms with van der Waals surface area (Å²) in [5.74, 6) is 0.437. The number of rotatable bonds is 5. The number of nitrogens with one attached hydrogen (secondary N) is 1. The second kappa shape index (κ2) is 6.74. The number of carbonyl (C=O) groups is 1. The van der Waals surface area contributed by atoms with E-state index in [-0.39, 0.29) is 12.0 Å². The van der Waals surface area contributed by atoms with Crippen molar-refractivity contribution in [2.45, 2.75) is 13.0 Å². The van der Waals surface area contributed by atoms with Crippen molar-refractivity contribution in [3.05, 3.63) is 45.6 Å². The van der Waals surface area contributed by atoms with Crippen LogP contribution in [0.3, 0.4) is 0 Å². The second-order valence-electron chi connectivity index (χ2n) is 4.16. The van der Waals surface area contributed by atoms with E-state index in [1.54, 1.807) is 12.1 Å². The Morgan fingerprint density at radius 3 is 2.75 bits per heavy atom. The SMILES string of the molecule is CC(=O)Nc1ccccc1OC(CN)c1ccc(Cl)s1. The Labute approximate surface area is 126 Å². The molecule has 1 amide bonds. The van der Waals surface area contributed by atoms with Crippen molar-refractivity contribution in [2.75, 3.05) is 11.9 Å². The molecule has 1 aromatic carbocycles. The summed E-state index contributed by atoms with van der Waals surface area (Å²) in [7, 11) is 0. The van der Waals surface area contributed by atoms with Crippen LogP contribution in [0.4, 0.5) is 5.69 Å². The monoisotopic (exact) mass is 310 g/mol. The van der Waals surface area contributed by atoms with Crippen molar-refractivity contribution in [2.24, 2.45) is 5.73 Å². The first kappa shape index (κ1) is 14.8. The maximum atomic E-state index is 11.2. The summed E-state index contributed by atoms with van der Waals surface area (Å²) in [6, 6.07) is 11.0. The molecule has 3 N–H and O–H groups in total. The van der Waals surface area contributed by atoms with Gasteiger partial charge < -0.3 is 15.8 Å². The number of amides is 1. The topological polar surface area (TPSA) is 64.3 Å². The molecule has 0 saturated carbocycles. The van der Waals surface area contributed by atoms with Crippen molar-refractivity contribution in [3.8, 4) is 5.75 Å². The van der Waals surface area contributed by atoms with Gasteiger partial charge in [0.25, 0.3) is 0 Å². The third kappa shape index (κ3) is 3.72. The van der Waals surface area contributed by atoms with Gasteiger partial charge in [-0.2, -0.15) is 0 Å². The maximum Gasteiger partial charge on any atom is 0.221 e. The highest BCUT2D eigenvalue weighted by molar-refractivity contribution is 7.16. The van der Waals surface area contributed by atoms with Crippen LogP contribution < -0.4 is 15.8 Å². The Morgan fingerprint density at radius 2 is 2.15 bits per heavy atom. The highest BCUT2D eigenvalue weighted by atomic mass is 35.5. The van der Waals surface area contributed by atoms with Gasteiger partial charge in [-0.15, -0.1) is 11.3 Å². The van der Waals surface area contributed by atoms with Gasteiger partial charge in [0.15, 0.2) is 0 Å². The van der Waals surface area contributed by atoms with Crippen LogP contribution in [0.2, 0.25) is 4.34 Å². The van der Waals surface area contributed by atoms with E-state index in [1.807, 2.05) is 24.3 Å². The Morgan fingerprint density at radius 1 is 1.40 bits per heavy atom. The van der Waals surface area contributed by atoms with Gasteiger partial charge in [-0.05, 0) is 24.3 Å². The molecule has 2 aromatic rings. The van der Waals surface area contributed by atoms with Gasteiger partial charge >= 0.3 is 0 Å². The fourth-order valence-corrected chi connectivity index (χ4v) is 2.84. The number of nitrogens with two attached hydrogens (primary N) is 1. The van der Waals surface area contributed by atoms with Gasteiger partial charge in [0.05, 0.1) is 10.0 Å². The molecule has 106 valence electrons. The van der Waals surface area contributed by atoms with Crippen LogP contribution >= 0.6 is 22.9 Å². The Bertz CT molecular complexity index is 600. The van der Waals surface area contributed by atoms with Crippen molar-refractivity contribution >= 4 is 34.5 Å². The highest BCUT2D eigenvalue weighted by Gasteiger charge is 2.16. The molecule has 2 rings (SSSR count).